The van der Waals surface area contributed by atoms with Crippen molar-refractivity contribution in [3.05, 3.63) is 95.1 Å². The van der Waals surface area contributed by atoms with Gasteiger partial charge in [-0.3, -0.25) is 19.6 Å². The molecule has 2 aliphatic rings. The molecule has 170 valence electrons. The third-order valence-corrected chi connectivity index (χ3v) is 7.41. The standard InChI is InChI=1S/C26H22N4O2S2/c31-23(29-21-9-5-19(6-10-21)25-27-13-15-33-25)17-1-2-18(4-3-17)24(32)30-22-11-7-20(8-12-22)26-28-14-16-34-26/h1-12H,13-16H2,(H,29,31)(H,30,32). The Labute approximate surface area is 206 Å². The lowest BCUT2D eigenvalue weighted by molar-refractivity contribution is 0.101. The minimum Gasteiger partial charge on any atom is -0.322 e. The first kappa shape index (κ1) is 22.4. The summed E-state index contributed by atoms with van der Waals surface area (Å²) in [4.78, 5) is 34.2. The van der Waals surface area contributed by atoms with Crippen molar-refractivity contribution < 1.29 is 9.59 Å². The van der Waals surface area contributed by atoms with Crippen molar-refractivity contribution in [2.75, 3.05) is 35.2 Å². The fourth-order valence-electron chi connectivity index (χ4n) is 3.59. The summed E-state index contributed by atoms with van der Waals surface area (Å²) in [5.74, 6) is 1.58. The average Bonchev–Trinajstić information content (AvgIpc) is 3.60. The SMILES string of the molecule is O=C(Nc1ccc(C2=NCCS2)cc1)c1ccc(C(=O)Nc2ccc(C3=NCCS3)cc2)cc1. The molecule has 3 aromatic rings. The third kappa shape index (κ3) is 5.24. The Kier molecular flexibility index (Phi) is 6.78. The lowest BCUT2D eigenvalue weighted by Gasteiger charge is -2.09. The number of hydrogen-bond donors (Lipinski definition) is 2. The fraction of sp³-hybridized carbons (Fsp3) is 0.154. The highest BCUT2D eigenvalue weighted by Gasteiger charge is 2.13. The number of amides is 2. The number of rotatable bonds is 6. The smallest absolute Gasteiger partial charge is 0.255 e. The van der Waals surface area contributed by atoms with E-state index in [1.54, 1.807) is 47.8 Å². The molecule has 0 aliphatic carbocycles. The number of nitrogens with one attached hydrogen (secondary N) is 2. The summed E-state index contributed by atoms with van der Waals surface area (Å²) in [6, 6.07) is 22.0. The average molecular weight is 487 g/mol. The molecule has 5 rings (SSSR count). The number of benzene rings is 3. The minimum absolute atomic E-state index is 0.226. The molecule has 2 heterocycles. The summed E-state index contributed by atoms with van der Waals surface area (Å²) in [6.07, 6.45) is 0. The predicted octanol–water partition coefficient (Wildman–Crippen LogP) is 5.18. The molecule has 8 heteroatoms. The highest BCUT2D eigenvalue weighted by molar-refractivity contribution is 8.15. The number of carbonyl (C=O) groups is 2. The van der Waals surface area contributed by atoms with Crippen LogP contribution in [-0.4, -0.2) is 46.5 Å². The molecule has 0 bridgehead atoms. The van der Waals surface area contributed by atoms with Crippen molar-refractivity contribution in [1.29, 1.82) is 0 Å². The Balaban J connectivity index is 1.18. The molecule has 0 spiro atoms. The highest BCUT2D eigenvalue weighted by Crippen LogP contribution is 2.22. The van der Waals surface area contributed by atoms with Crippen LogP contribution >= 0.6 is 23.5 Å². The topological polar surface area (TPSA) is 82.9 Å². The van der Waals surface area contributed by atoms with Crippen LogP contribution in [0.5, 0.6) is 0 Å². The van der Waals surface area contributed by atoms with Crippen molar-refractivity contribution in [2.24, 2.45) is 9.98 Å². The van der Waals surface area contributed by atoms with E-state index in [9.17, 15) is 9.59 Å². The summed E-state index contributed by atoms with van der Waals surface area (Å²) < 4.78 is 0. The minimum atomic E-state index is -0.226. The second-order valence-corrected chi connectivity index (χ2v) is 9.88. The number of thioether (sulfide) groups is 2. The first-order valence-corrected chi connectivity index (χ1v) is 12.9. The Hall–Kier alpha value is -3.36. The quantitative estimate of drug-likeness (QED) is 0.503. The van der Waals surface area contributed by atoms with E-state index >= 15 is 0 Å². The molecule has 0 saturated heterocycles. The number of aliphatic imine (C=N–C) groups is 2. The van der Waals surface area contributed by atoms with Crippen LogP contribution in [0, 0.1) is 0 Å². The van der Waals surface area contributed by atoms with Gasteiger partial charge in [-0.05, 0) is 48.5 Å². The molecule has 2 aliphatic heterocycles. The van der Waals surface area contributed by atoms with Crippen LogP contribution in [0.15, 0.2) is 82.8 Å². The zero-order valence-corrected chi connectivity index (χ0v) is 19.9. The molecule has 0 aromatic heterocycles. The van der Waals surface area contributed by atoms with Gasteiger partial charge in [0.05, 0.1) is 10.1 Å². The molecule has 0 atom stereocenters. The monoisotopic (exact) mass is 486 g/mol. The molecule has 0 saturated carbocycles. The van der Waals surface area contributed by atoms with Crippen LogP contribution < -0.4 is 10.6 Å². The van der Waals surface area contributed by atoms with Crippen LogP contribution in [0.3, 0.4) is 0 Å². The van der Waals surface area contributed by atoms with E-state index in [-0.39, 0.29) is 11.8 Å². The summed E-state index contributed by atoms with van der Waals surface area (Å²) in [5, 5.41) is 7.88. The van der Waals surface area contributed by atoms with E-state index < -0.39 is 0 Å². The molecule has 0 fully saturated rings. The Morgan fingerprint density at radius 3 is 1.29 bits per heavy atom. The van der Waals surface area contributed by atoms with Gasteiger partial charge in [0, 0.05) is 58.2 Å². The van der Waals surface area contributed by atoms with Gasteiger partial charge in [0.15, 0.2) is 0 Å². The second kappa shape index (κ2) is 10.3. The van der Waals surface area contributed by atoms with Crippen molar-refractivity contribution >= 4 is 56.8 Å². The van der Waals surface area contributed by atoms with Crippen molar-refractivity contribution in [1.82, 2.24) is 0 Å². The molecule has 2 amide bonds. The normalized spacial score (nSPS) is 14.9. The molecular formula is C26H22N4O2S2. The molecule has 6 nitrogen and oxygen atoms in total. The van der Waals surface area contributed by atoms with E-state index in [0.717, 1.165) is 45.8 Å². The van der Waals surface area contributed by atoms with Crippen molar-refractivity contribution in [3.63, 3.8) is 0 Å². The predicted molar refractivity (Wildman–Crippen MR) is 143 cm³/mol. The van der Waals surface area contributed by atoms with Crippen LogP contribution in [0.1, 0.15) is 31.8 Å². The number of anilines is 2. The van der Waals surface area contributed by atoms with Gasteiger partial charge < -0.3 is 10.6 Å². The van der Waals surface area contributed by atoms with Gasteiger partial charge in [0.2, 0.25) is 0 Å². The number of nitrogens with zero attached hydrogens (tertiary/aromatic N) is 2. The zero-order valence-electron chi connectivity index (χ0n) is 18.3. The molecule has 34 heavy (non-hydrogen) atoms. The van der Waals surface area contributed by atoms with E-state index in [1.807, 2.05) is 48.5 Å². The summed E-state index contributed by atoms with van der Waals surface area (Å²) in [6.45, 7) is 1.71. The maximum atomic E-state index is 12.6. The first-order valence-electron chi connectivity index (χ1n) is 10.9. The highest BCUT2D eigenvalue weighted by atomic mass is 32.2. The van der Waals surface area contributed by atoms with Crippen molar-refractivity contribution in [2.45, 2.75) is 0 Å². The fourth-order valence-corrected chi connectivity index (χ4v) is 5.31. The third-order valence-electron chi connectivity index (χ3n) is 5.36. The molecule has 2 N–H and O–H groups in total. The van der Waals surface area contributed by atoms with Crippen LogP contribution in [0.4, 0.5) is 11.4 Å². The van der Waals surface area contributed by atoms with Gasteiger partial charge in [0.1, 0.15) is 0 Å². The summed E-state index contributed by atoms with van der Waals surface area (Å²) in [7, 11) is 0. The molecule has 0 radical (unpaired) electrons. The van der Waals surface area contributed by atoms with E-state index in [2.05, 4.69) is 20.6 Å². The van der Waals surface area contributed by atoms with Gasteiger partial charge in [-0.15, -0.1) is 23.5 Å². The van der Waals surface area contributed by atoms with Crippen molar-refractivity contribution in [3.8, 4) is 0 Å². The second-order valence-electron chi connectivity index (χ2n) is 7.71. The van der Waals surface area contributed by atoms with E-state index in [0.29, 0.717) is 22.5 Å². The molecular weight excluding hydrogens is 464 g/mol. The van der Waals surface area contributed by atoms with Crippen LogP contribution in [-0.2, 0) is 0 Å². The largest absolute Gasteiger partial charge is 0.322 e. The van der Waals surface area contributed by atoms with Gasteiger partial charge in [-0.2, -0.15) is 0 Å². The van der Waals surface area contributed by atoms with Gasteiger partial charge >= 0.3 is 0 Å². The summed E-state index contributed by atoms with van der Waals surface area (Å²) in [5.41, 5.74) is 4.52. The maximum Gasteiger partial charge on any atom is 0.255 e. The first-order chi connectivity index (χ1) is 16.7. The Bertz CT molecular complexity index is 1170. The summed E-state index contributed by atoms with van der Waals surface area (Å²) >= 11 is 3.49. The van der Waals surface area contributed by atoms with Crippen LogP contribution in [0.25, 0.3) is 0 Å². The Morgan fingerprint density at radius 1 is 0.588 bits per heavy atom. The maximum absolute atomic E-state index is 12.6. The zero-order chi connectivity index (χ0) is 23.3. The number of hydrogen-bond acceptors (Lipinski definition) is 6. The lowest BCUT2D eigenvalue weighted by atomic mass is 10.1. The van der Waals surface area contributed by atoms with Gasteiger partial charge in [-0.25, -0.2) is 0 Å². The van der Waals surface area contributed by atoms with E-state index in [4.69, 9.17) is 0 Å². The van der Waals surface area contributed by atoms with E-state index in [1.165, 1.54) is 0 Å². The van der Waals surface area contributed by atoms with Gasteiger partial charge in [-0.1, -0.05) is 24.3 Å². The van der Waals surface area contributed by atoms with Crippen LogP contribution in [0.2, 0.25) is 0 Å². The molecule has 0 unspecified atom stereocenters. The Morgan fingerprint density at radius 2 is 0.971 bits per heavy atom. The number of carbonyl (C=O) groups excluding carboxylic acids is 2. The lowest BCUT2D eigenvalue weighted by Crippen LogP contribution is -2.14. The van der Waals surface area contributed by atoms with Gasteiger partial charge in [0.25, 0.3) is 11.8 Å². The molecule has 3 aromatic carbocycles.